The van der Waals surface area contributed by atoms with Gasteiger partial charge in [0.15, 0.2) is 0 Å². The lowest BCUT2D eigenvalue weighted by atomic mass is 10.1. The van der Waals surface area contributed by atoms with E-state index >= 15 is 0 Å². The average Bonchev–Trinajstić information content (AvgIpc) is 3.09. The number of hydrogen-bond donors (Lipinski definition) is 1. The van der Waals surface area contributed by atoms with Gasteiger partial charge in [0.05, 0.1) is 11.4 Å². The van der Waals surface area contributed by atoms with E-state index in [9.17, 15) is 4.39 Å². The summed E-state index contributed by atoms with van der Waals surface area (Å²) in [6.07, 6.45) is 3.61. The van der Waals surface area contributed by atoms with Gasteiger partial charge in [-0.3, -0.25) is 0 Å². The van der Waals surface area contributed by atoms with Crippen molar-refractivity contribution in [3.05, 3.63) is 23.5 Å². The Labute approximate surface area is 109 Å². The van der Waals surface area contributed by atoms with Gasteiger partial charge in [0.25, 0.3) is 0 Å². The molecule has 2 N–H and O–H groups in total. The third-order valence-electron chi connectivity index (χ3n) is 3.55. The van der Waals surface area contributed by atoms with Crippen LogP contribution in [0.15, 0.2) is 12.1 Å². The van der Waals surface area contributed by atoms with E-state index < -0.39 is 0 Å². The Morgan fingerprint density at radius 1 is 1.39 bits per heavy atom. The second-order valence-corrected chi connectivity index (χ2v) is 5.77. The van der Waals surface area contributed by atoms with E-state index in [0.29, 0.717) is 23.2 Å². The summed E-state index contributed by atoms with van der Waals surface area (Å²) < 4.78 is 13.5. The third kappa shape index (κ3) is 2.95. The van der Waals surface area contributed by atoms with Crippen molar-refractivity contribution in [2.75, 3.05) is 17.2 Å². The summed E-state index contributed by atoms with van der Waals surface area (Å²) in [6, 6.07) is 3.95. The summed E-state index contributed by atoms with van der Waals surface area (Å²) in [5.74, 6) is 0.463. The van der Waals surface area contributed by atoms with E-state index in [0.717, 1.165) is 18.7 Å². The van der Waals surface area contributed by atoms with Crippen LogP contribution in [0.1, 0.15) is 38.7 Å². The number of nitrogens with two attached hydrogens (primary N) is 1. The number of halogens is 1. The predicted molar refractivity (Wildman–Crippen MR) is 75.4 cm³/mol. The third-order valence-corrected chi connectivity index (χ3v) is 3.55. The van der Waals surface area contributed by atoms with Gasteiger partial charge in [-0.25, -0.2) is 4.39 Å². The highest BCUT2D eigenvalue weighted by Gasteiger charge is 2.30. The summed E-state index contributed by atoms with van der Waals surface area (Å²) in [6.45, 7) is 7.26. The first kappa shape index (κ1) is 13.2. The van der Waals surface area contributed by atoms with Gasteiger partial charge in [0.1, 0.15) is 5.82 Å². The molecule has 1 fully saturated rings. The molecule has 0 bridgehead atoms. The lowest BCUT2D eigenvalue weighted by Crippen LogP contribution is -2.28. The Morgan fingerprint density at radius 3 is 2.61 bits per heavy atom. The molecule has 0 atom stereocenters. The lowest BCUT2D eigenvalue weighted by molar-refractivity contribution is 0.570. The quantitative estimate of drug-likeness (QED) is 0.807. The molecule has 0 unspecified atom stereocenters. The number of rotatable bonds is 5. The van der Waals surface area contributed by atoms with Crippen LogP contribution in [-0.2, 0) is 0 Å². The molecule has 2 nitrogen and oxygen atoms in total. The van der Waals surface area contributed by atoms with E-state index in [4.69, 9.17) is 5.73 Å². The predicted octanol–water partition coefficient (Wildman–Crippen LogP) is 3.73. The first-order valence-electron chi connectivity index (χ1n) is 6.81. The van der Waals surface area contributed by atoms with Crippen LogP contribution in [0.4, 0.5) is 15.8 Å². The molecule has 1 aromatic carbocycles. The van der Waals surface area contributed by atoms with Gasteiger partial charge >= 0.3 is 0 Å². The van der Waals surface area contributed by atoms with Crippen LogP contribution in [0.25, 0.3) is 0 Å². The fraction of sp³-hybridized carbons (Fsp3) is 0.600. The van der Waals surface area contributed by atoms with E-state index in [1.54, 1.807) is 6.92 Å². The van der Waals surface area contributed by atoms with Gasteiger partial charge in [0.2, 0.25) is 0 Å². The Morgan fingerprint density at radius 2 is 2.06 bits per heavy atom. The Bertz CT molecular complexity index is 425. The molecule has 0 radical (unpaired) electrons. The van der Waals surface area contributed by atoms with Crippen LogP contribution in [0.2, 0.25) is 0 Å². The van der Waals surface area contributed by atoms with Crippen molar-refractivity contribution >= 4 is 11.4 Å². The minimum absolute atomic E-state index is 0.212. The van der Waals surface area contributed by atoms with Crippen LogP contribution in [0, 0.1) is 18.7 Å². The Balaban J connectivity index is 2.22. The highest BCUT2D eigenvalue weighted by Crippen LogP contribution is 2.36. The molecular formula is C15H23FN2. The topological polar surface area (TPSA) is 29.3 Å². The molecule has 3 heteroatoms. The zero-order chi connectivity index (χ0) is 13.3. The molecule has 1 aromatic rings. The van der Waals surface area contributed by atoms with Crippen molar-refractivity contribution in [2.45, 2.75) is 46.1 Å². The molecule has 0 saturated heterocycles. The summed E-state index contributed by atoms with van der Waals surface area (Å²) >= 11 is 0. The van der Waals surface area contributed by atoms with Gasteiger partial charge in [-0.2, -0.15) is 0 Å². The molecule has 0 spiro atoms. The number of nitrogens with zero attached hydrogens (tertiary/aromatic N) is 1. The van der Waals surface area contributed by atoms with Gasteiger partial charge in [0, 0.05) is 12.6 Å². The first-order chi connectivity index (χ1) is 8.49. The number of nitrogen functional groups attached to an aromatic ring is 1. The van der Waals surface area contributed by atoms with Gasteiger partial charge in [-0.05, 0) is 49.8 Å². The second-order valence-electron chi connectivity index (χ2n) is 5.77. The molecular weight excluding hydrogens is 227 g/mol. The fourth-order valence-corrected chi connectivity index (χ4v) is 2.21. The number of hydrogen-bond acceptors (Lipinski definition) is 2. The van der Waals surface area contributed by atoms with Gasteiger partial charge in [-0.1, -0.05) is 13.8 Å². The summed E-state index contributed by atoms with van der Waals surface area (Å²) in [7, 11) is 0. The van der Waals surface area contributed by atoms with Crippen LogP contribution >= 0.6 is 0 Å². The lowest BCUT2D eigenvalue weighted by Gasteiger charge is -2.27. The van der Waals surface area contributed by atoms with Crippen molar-refractivity contribution in [3.63, 3.8) is 0 Å². The highest BCUT2D eigenvalue weighted by molar-refractivity contribution is 5.69. The Hall–Kier alpha value is -1.25. The first-order valence-corrected chi connectivity index (χ1v) is 6.81. The average molecular weight is 250 g/mol. The monoisotopic (exact) mass is 250 g/mol. The van der Waals surface area contributed by atoms with Crippen LogP contribution in [0.5, 0.6) is 0 Å². The minimum atomic E-state index is -0.212. The summed E-state index contributed by atoms with van der Waals surface area (Å²) in [5, 5.41) is 0. The summed E-state index contributed by atoms with van der Waals surface area (Å²) in [4.78, 5) is 2.36. The van der Waals surface area contributed by atoms with Crippen molar-refractivity contribution in [3.8, 4) is 0 Å². The molecule has 0 amide bonds. The zero-order valence-electron chi connectivity index (χ0n) is 11.5. The van der Waals surface area contributed by atoms with E-state index in [1.807, 2.05) is 6.07 Å². The van der Waals surface area contributed by atoms with Crippen LogP contribution in [0.3, 0.4) is 0 Å². The van der Waals surface area contributed by atoms with E-state index in [2.05, 4.69) is 18.7 Å². The molecule has 2 rings (SSSR count). The minimum Gasteiger partial charge on any atom is -0.397 e. The smallest absolute Gasteiger partial charge is 0.128 e. The maximum Gasteiger partial charge on any atom is 0.128 e. The van der Waals surface area contributed by atoms with E-state index in [-0.39, 0.29) is 5.82 Å². The Kier molecular flexibility index (Phi) is 3.79. The molecule has 0 heterocycles. The van der Waals surface area contributed by atoms with Crippen molar-refractivity contribution in [1.29, 1.82) is 0 Å². The van der Waals surface area contributed by atoms with Gasteiger partial charge in [-0.15, -0.1) is 0 Å². The van der Waals surface area contributed by atoms with Crippen molar-refractivity contribution < 1.29 is 4.39 Å². The van der Waals surface area contributed by atoms with Crippen molar-refractivity contribution in [1.82, 2.24) is 0 Å². The number of aryl methyl sites for hydroxylation is 1. The summed E-state index contributed by atoms with van der Waals surface area (Å²) in [5.41, 5.74) is 8.23. The molecule has 1 aliphatic rings. The zero-order valence-corrected chi connectivity index (χ0v) is 11.5. The molecule has 100 valence electrons. The van der Waals surface area contributed by atoms with Gasteiger partial charge < -0.3 is 10.6 Å². The number of benzene rings is 1. The highest BCUT2D eigenvalue weighted by atomic mass is 19.1. The largest absolute Gasteiger partial charge is 0.397 e. The molecule has 1 saturated carbocycles. The standard InChI is InChI=1S/C15H23FN2/c1-10(2)6-7-18(12-4-5-12)15-8-11(3)13(16)9-14(15)17/h8-10,12H,4-7,17H2,1-3H3. The van der Waals surface area contributed by atoms with Crippen molar-refractivity contribution in [2.24, 2.45) is 5.92 Å². The SMILES string of the molecule is Cc1cc(N(CCC(C)C)C2CC2)c(N)cc1F. The number of anilines is 2. The maximum atomic E-state index is 13.5. The van der Waals surface area contributed by atoms with E-state index in [1.165, 1.54) is 18.9 Å². The maximum absolute atomic E-state index is 13.5. The molecule has 0 aromatic heterocycles. The second kappa shape index (κ2) is 5.17. The van der Waals surface area contributed by atoms with Crippen LogP contribution in [-0.4, -0.2) is 12.6 Å². The molecule has 0 aliphatic heterocycles. The molecule has 18 heavy (non-hydrogen) atoms. The molecule has 1 aliphatic carbocycles. The van der Waals surface area contributed by atoms with Crippen LogP contribution < -0.4 is 10.6 Å². The normalized spacial score (nSPS) is 15.2. The fourth-order valence-electron chi connectivity index (χ4n) is 2.21.